The molecule has 0 N–H and O–H groups in total. The Hall–Kier alpha value is -2.47. The molecule has 0 saturated carbocycles. The van der Waals surface area contributed by atoms with Crippen molar-refractivity contribution in [2.24, 2.45) is 5.92 Å². The van der Waals surface area contributed by atoms with E-state index in [4.69, 9.17) is 0 Å². The molecule has 0 aromatic heterocycles. The number of hydrogen-bond donors (Lipinski definition) is 0. The second kappa shape index (κ2) is 7.99. The third-order valence-electron chi connectivity index (χ3n) is 6.34. The molecular weight excluding hydrogens is 392 g/mol. The number of rotatable bonds is 6. The van der Waals surface area contributed by atoms with Gasteiger partial charge in [-0.3, -0.25) is 4.90 Å². The highest BCUT2D eigenvalue weighted by Crippen LogP contribution is 2.35. The average Bonchev–Trinajstić information content (AvgIpc) is 3.11. The standard InChI is InChI=1S/C25H26N2O2S/c28-30(29,19-21-7-3-1-4-8-21)27-17-24-16-26(25(24)18-27)15-20-11-13-23(14-12-20)22-9-5-2-6-10-22/h1-14,24-25H,15-19H2. The summed E-state index contributed by atoms with van der Waals surface area (Å²) in [4.78, 5) is 2.42. The van der Waals surface area contributed by atoms with Crippen molar-refractivity contribution in [1.29, 1.82) is 0 Å². The van der Waals surface area contributed by atoms with Crippen LogP contribution in [0.4, 0.5) is 0 Å². The molecular formula is C25H26N2O2S. The van der Waals surface area contributed by atoms with E-state index in [1.807, 2.05) is 36.4 Å². The van der Waals surface area contributed by atoms with Crippen molar-refractivity contribution in [1.82, 2.24) is 9.21 Å². The molecule has 2 saturated heterocycles. The number of hydrogen-bond acceptors (Lipinski definition) is 3. The van der Waals surface area contributed by atoms with E-state index in [9.17, 15) is 8.42 Å². The van der Waals surface area contributed by atoms with Gasteiger partial charge < -0.3 is 0 Å². The van der Waals surface area contributed by atoms with Crippen molar-refractivity contribution < 1.29 is 8.42 Å². The van der Waals surface area contributed by atoms with Crippen LogP contribution >= 0.6 is 0 Å². The van der Waals surface area contributed by atoms with E-state index in [1.54, 1.807) is 4.31 Å². The first-order chi connectivity index (χ1) is 14.6. The number of benzene rings is 3. The van der Waals surface area contributed by atoms with Gasteiger partial charge in [-0.15, -0.1) is 0 Å². The van der Waals surface area contributed by atoms with Crippen LogP contribution in [-0.4, -0.2) is 43.3 Å². The van der Waals surface area contributed by atoms with E-state index in [-0.39, 0.29) is 5.75 Å². The molecule has 3 aromatic rings. The van der Waals surface area contributed by atoms with Gasteiger partial charge in [0.05, 0.1) is 5.75 Å². The molecule has 4 nitrogen and oxygen atoms in total. The Kier molecular flexibility index (Phi) is 5.19. The van der Waals surface area contributed by atoms with E-state index < -0.39 is 10.0 Å². The summed E-state index contributed by atoms with van der Waals surface area (Å²) in [7, 11) is -3.26. The summed E-state index contributed by atoms with van der Waals surface area (Å²) in [5.74, 6) is 0.549. The van der Waals surface area contributed by atoms with Crippen LogP contribution in [0.1, 0.15) is 11.1 Å². The molecule has 30 heavy (non-hydrogen) atoms. The van der Waals surface area contributed by atoms with Gasteiger partial charge in [0.1, 0.15) is 0 Å². The topological polar surface area (TPSA) is 40.6 Å². The molecule has 0 radical (unpaired) electrons. The first-order valence-electron chi connectivity index (χ1n) is 10.5. The molecule has 2 aliphatic rings. The SMILES string of the molecule is O=S(=O)(Cc1ccccc1)N1CC2CN(Cc3ccc(-c4ccccc4)cc3)C2C1. The molecule has 2 unspecified atom stereocenters. The van der Waals surface area contributed by atoms with Crippen LogP contribution in [0, 0.1) is 5.92 Å². The van der Waals surface area contributed by atoms with Gasteiger partial charge in [0.25, 0.3) is 0 Å². The van der Waals surface area contributed by atoms with E-state index in [1.165, 1.54) is 16.7 Å². The van der Waals surface area contributed by atoms with Gasteiger partial charge in [0, 0.05) is 38.1 Å². The van der Waals surface area contributed by atoms with Gasteiger partial charge in [-0.2, -0.15) is 4.31 Å². The molecule has 3 aromatic carbocycles. The number of likely N-dealkylation sites (tertiary alicyclic amines) is 1. The van der Waals surface area contributed by atoms with Crippen molar-refractivity contribution in [2.45, 2.75) is 18.3 Å². The molecule has 0 spiro atoms. The Balaban J connectivity index is 1.20. The quantitative estimate of drug-likeness (QED) is 0.608. The van der Waals surface area contributed by atoms with Crippen LogP contribution in [0.3, 0.4) is 0 Å². The van der Waals surface area contributed by atoms with Crippen LogP contribution in [0.5, 0.6) is 0 Å². The van der Waals surface area contributed by atoms with Crippen LogP contribution in [-0.2, 0) is 22.3 Å². The fraction of sp³-hybridized carbons (Fsp3) is 0.280. The summed E-state index contributed by atoms with van der Waals surface area (Å²) in [6.07, 6.45) is 0. The number of sulfonamides is 1. The van der Waals surface area contributed by atoms with Crippen molar-refractivity contribution in [2.75, 3.05) is 19.6 Å². The molecule has 2 fully saturated rings. The monoisotopic (exact) mass is 418 g/mol. The van der Waals surface area contributed by atoms with Gasteiger partial charge in [-0.25, -0.2) is 8.42 Å². The van der Waals surface area contributed by atoms with Gasteiger partial charge >= 0.3 is 0 Å². The highest BCUT2D eigenvalue weighted by molar-refractivity contribution is 7.88. The second-order valence-corrected chi connectivity index (χ2v) is 10.3. The zero-order valence-corrected chi connectivity index (χ0v) is 17.7. The highest BCUT2D eigenvalue weighted by Gasteiger charge is 2.48. The smallest absolute Gasteiger partial charge is 0.218 e. The minimum Gasteiger partial charge on any atom is -0.294 e. The largest absolute Gasteiger partial charge is 0.294 e. The van der Waals surface area contributed by atoms with E-state index >= 15 is 0 Å². The Bertz CT molecular complexity index is 1100. The summed E-state index contributed by atoms with van der Waals surface area (Å²) in [5.41, 5.74) is 4.58. The van der Waals surface area contributed by atoms with E-state index in [2.05, 4.69) is 53.4 Å². The summed E-state index contributed by atoms with van der Waals surface area (Å²) in [6, 6.07) is 28.9. The fourth-order valence-corrected chi connectivity index (χ4v) is 6.25. The predicted octanol–water partition coefficient (Wildman–Crippen LogP) is 4.00. The van der Waals surface area contributed by atoms with Crippen molar-refractivity contribution in [3.8, 4) is 11.1 Å². The lowest BCUT2D eigenvalue weighted by atomic mass is 9.91. The summed E-state index contributed by atoms with van der Waals surface area (Å²) >= 11 is 0. The van der Waals surface area contributed by atoms with Gasteiger partial charge in [-0.05, 0) is 22.3 Å². The molecule has 5 heteroatoms. The van der Waals surface area contributed by atoms with E-state index in [0.717, 1.165) is 18.7 Å². The Labute approximate surface area is 178 Å². The van der Waals surface area contributed by atoms with Crippen molar-refractivity contribution >= 4 is 10.0 Å². The first kappa shape index (κ1) is 19.5. The minimum atomic E-state index is -3.26. The summed E-state index contributed by atoms with van der Waals surface area (Å²) in [5, 5.41) is 0. The Morgan fingerprint density at radius 2 is 1.33 bits per heavy atom. The van der Waals surface area contributed by atoms with Crippen LogP contribution < -0.4 is 0 Å². The first-order valence-corrected chi connectivity index (χ1v) is 12.1. The molecule has 0 bridgehead atoms. The fourth-order valence-electron chi connectivity index (χ4n) is 4.66. The van der Waals surface area contributed by atoms with Gasteiger partial charge in [0.15, 0.2) is 0 Å². The number of nitrogens with zero attached hydrogens (tertiary/aromatic N) is 2. The lowest BCUT2D eigenvalue weighted by Gasteiger charge is -2.43. The molecule has 5 rings (SSSR count). The molecule has 2 aliphatic heterocycles. The summed E-state index contributed by atoms with van der Waals surface area (Å²) < 4.78 is 27.4. The third-order valence-corrected chi connectivity index (χ3v) is 8.13. The van der Waals surface area contributed by atoms with Crippen LogP contribution in [0.2, 0.25) is 0 Å². The molecule has 2 heterocycles. The van der Waals surface area contributed by atoms with Crippen molar-refractivity contribution in [3.05, 3.63) is 96.1 Å². The van der Waals surface area contributed by atoms with E-state index in [0.29, 0.717) is 25.0 Å². The maximum atomic E-state index is 12.9. The van der Waals surface area contributed by atoms with Gasteiger partial charge in [-0.1, -0.05) is 84.9 Å². The lowest BCUT2D eigenvalue weighted by molar-refractivity contribution is 0.0435. The lowest BCUT2D eigenvalue weighted by Crippen LogP contribution is -2.54. The third kappa shape index (κ3) is 3.93. The van der Waals surface area contributed by atoms with Crippen molar-refractivity contribution in [3.63, 3.8) is 0 Å². The maximum Gasteiger partial charge on any atom is 0.218 e. The van der Waals surface area contributed by atoms with Gasteiger partial charge in [0.2, 0.25) is 10.0 Å². The zero-order chi connectivity index (χ0) is 20.6. The van der Waals surface area contributed by atoms with Crippen LogP contribution in [0.25, 0.3) is 11.1 Å². The highest BCUT2D eigenvalue weighted by atomic mass is 32.2. The summed E-state index contributed by atoms with van der Waals surface area (Å²) in [6.45, 7) is 3.12. The minimum absolute atomic E-state index is 0.0915. The zero-order valence-electron chi connectivity index (χ0n) is 16.9. The Morgan fingerprint density at radius 3 is 2.03 bits per heavy atom. The van der Waals surface area contributed by atoms with Crippen LogP contribution in [0.15, 0.2) is 84.9 Å². The average molecular weight is 419 g/mol. The molecule has 0 amide bonds. The molecule has 154 valence electrons. The number of fused-ring (bicyclic) bond motifs is 1. The second-order valence-electron chi connectivity index (χ2n) is 8.38. The Morgan fingerprint density at radius 1 is 0.700 bits per heavy atom. The molecule has 0 aliphatic carbocycles. The molecule has 2 atom stereocenters. The predicted molar refractivity (Wildman–Crippen MR) is 120 cm³/mol. The maximum absolute atomic E-state index is 12.9. The normalized spacial score (nSPS) is 21.9.